The van der Waals surface area contributed by atoms with Crippen molar-refractivity contribution in [1.82, 2.24) is 10.6 Å². The normalized spacial score (nSPS) is 12.6. The predicted octanol–water partition coefficient (Wildman–Crippen LogP) is 1.81. The third-order valence-corrected chi connectivity index (χ3v) is 7.56. The molecule has 0 saturated heterocycles. The molecule has 1 aromatic rings. The van der Waals surface area contributed by atoms with Crippen molar-refractivity contribution >= 4 is 49.3 Å². The average molecular weight is 359 g/mol. The van der Waals surface area contributed by atoms with Gasteiger partial charge in [0.1, 0.15) is 6.04 Å². The molecule has 122 valence electrons. The Morgan fingerprint density at radius 2 is 1.86 bits per heavy atom. The Labute approximate surface area is 143 Å². The molecule has 2 N–H and O–H groups in total. The quantitative estimate of drug-likeness (QED) is 0.514. The van der Waals surface area contributed by atoms with E-state index in [1.165, 1.54) is 12.1 Å². The maximum Gasteiger partial charge on any atom is 0.243 e. The highest BCUT2D eigenvalue weighted by Gasteiger charge is 2.24. The molecule has 7 heteroatoms. The van der Waals surface area contributed by atoms with E-state index in [4.69, 9.17) is 11.6 Å². The van der Waals surface area contributed by atoms with Crippen LogP contribution in [0.2, 0.25) is 24.2 Å². The van der Waals surface area contributed by atoms with E-state index in [-0.39, 0.29) is 17.6 Å². The van der Waals surface area contributed by atoms with Crippen molar-refractivity contribution in [3.8, 4) is 0 Å². The Morgan fingerprint density at radius 1 is 1.27 bits per heavy atom. The number of rotatable bonds is 7. The van der Waals surface area contributed by atoms with Crippen molar-refractivity contribution in [3.63, 3.8) is 0 Å². The van der Waals surface area contributed by atoms with Crippen LogP contribution in [0.3, 0.4) is 0 Å². The Hall–Kier alpha value is -0.983. The second-order valence-corrected chi connectivity index (χ2v) is 11.5. The molecule has 0 aromatic heterocycles. The molecule has 1 unspecified atom stereocenters. The van der Waals surface area contributed by atoms with Crippen molar-refractivity contribution in [2.45, 2.75) is 32.1 Å². The molecule has 0 bridgehead atoms. The van der Waals surface area contributed by atoms with Gasteiger partial charge in [0.25, 0.3) is 0 Å². The molecule has 0 fully saturated rings. The summed E-state index contributed by atoms with van der Waals surface area (Å²) in [7, 11) is -1.63. The third-order valence-electron chi connectivity index (χ3n) is 3.55. The summed E-state index contributed by atoms with van der Waals surface area (Å²) in [5.74, 6) is -0.139. The second kappa shape index (κ2) is 8.60. The zero-order chi connectivity index (χ0) is 16.8. The summed E-state index contributed by atoms with van der Waals surface area (Å²) in [5, 5.41) is 7.50. The fourth-order valence-corrected chi connectivity index (χ4v) is 4.60. The number of carbonyl (C=O) groups excluding carboxylic acids is 2. The smallest absolute Gasteiger partial charge is 0.243 e. The van der Waals surface area contributed by atoms with Crippen LogP contribution in [0.25, 0.3) is 0 Å². The second-order valence-electron chi connectivity index (χ2n) is 5.87. The molecule has 1 aromatic carbocycles. The molecule has 1 atom stereocenters. The molecule has 0 saturated carbocycles. The molecule has 0 aliphatic heterocycles. The number of halogens is 1. The van der Waals surface area contributed by atoms with E-state index in [2.05, 4.69) is 48.5 Å². The monoisotopic (exact) mass is 358 g/mol. The maximum atomic E-state index is 12.0. The van der Waals surface area contributed by atoms with Crippen LogP contribution in [0.4, 0.5) is 0 Å². The lowest BCUT2D eigenvalue weighted by molar-refractivity contribution is -0.127. The summed E-state index contributed by atoms with van der Waals surface area (Å²) in [6.45, 7) is 6.49. The van der Waals surface area contributed by atoms with Gasteiger partial charge in [0, 0.05) is 24.2 Å². The Kier molecular flexibility index (Phi) is 7.45. The first-order chi connectivity index (χ1) is 10.3. The van der Waals surface area contributed by atoms with Crippen LogP contribution in [0.1, 0.15) is 6.92 Å². The topological polar surface area (TPSA) is 58.2 Å². The van der Waals surface area contributed by atoms with E-state index < -0.39 is 14.1 Å². The first kappa shape index (κ1) is 19.1. The van der Waals surface area contributed by atoms with E-state index in [9.17, 15) is 9.59 Å². The van der Waals surface area contributed by atoms with Crippen LogP contribution in [-0.4, -0.2) is 38.2 Å². The summed E-state index contributed by atoms with van der Waals surface area (Å²) in [6.07, 6.45) is 0. The summed E-state index contributed by atoms with van der Waals surface area (Å²) < 4.78 is 0. The molecule has 2 amide bonds. The van der Waals surface area contributed by atoms with Gasteiger partial charge < -0.3 is 10.6 Å². The minimum absolute atomic E-state index is 0.189. The van der Waals surface area contributed by atoms with Crippen LogP contribution >= 0.6 is 24.2 Å². The highest BCUT2D eigenvalue weighted by atomic mass is 35.5. The van der Waals surface area contributed by atoms with Gasteiger partial charge in [-0.15, -0.1) is 0 Å². The third kappa shape index (κ3) is 6.02. The molecule has 0 heterocycles. The van der Waals surface area contributed by atoms with Crippen LogP contribution in [0.15, 0.2) is 24.3 Å². The predicted molar refractivity (Wildman–Crippen MR) is 97.8 cm³/mol. The van der Waals surface area contributed by atoms with Gasteiger partial charge >= 0.3 is 0 Å². The summed E-state index contributed by atoms with van der Waals surface area (Å²) in [4.78, 5) is 23.0. The van der Waals surface area contributed by atoms with Gasteiger partial charge in [-0.1, -0.05) is 42.0 Å². The Morgan fingerprint density at radius 3 is 2.36 bits per heavy atom. The molecule has 22 heavy (non-hydrogen) atoms. The fraction of sp³-hybridized carbons (Fsp3) is 0.467. The van der Waals surface area contributed by atoms with Crippen LogP contribution in [0, 0.1) is 0 Å². The lowest BCUT2D eigenvalue weighted by Crippen LogP contribution is -2.49. The van der Waals surface area contributed by atoms with E-state index in [0.29, 0.717) is 6.54 Å². The van der Waals surface area contributed by atoms with Gasteiger partial charge in [-0.25, -0.2) is 0 Å². The summed E-state index contributed by atoms with van der Waals surface area (Å²) in [6, 6.07) is 8.26. The van der Waals surface area contributed by atoms with Crippen molar-refractivity contribution in [1.29, 1.82) is 0 Å². The van der Waals surface area contributed by atoms with Crippen molar-refractivity contribution in [3.05, 3.63) is 29.3 Å². The number of nitrogens with one attached hydrogen (secondary N) is 2. The average Bonchev–Trinajstić information content (AvgIpc) is 2.44. The largest absolute Gasteiger partial charge is 0.355 e. The minimum atomic E-state index is -1.63. The number of hydrogen-bond acceptors (Lipinski definition) is 3. The van der Waals surface area contributed by atoms with Crippen molar-refractivity contribution in [2.24, 2.45) is 0 Å². The van der Waals surface area contributed by atoms with Gasteiger partial charge in [0.15, 0.2) is 0 Å². The number of thiol groups is 1. The van der Waals surface area contributed by atoms with E-state index in [1.54, 1.807) is 0 Å². The highest BCUT2D eigenvalue weighted by molar-refractivity contribution is 7.80. The molecule has 0 aliphatic carbocycles. The molecule has 4 nitrogen and oxygen atoms in total. The van der Waals surface area contributed by atoms with Crippen LogP contribution in [0.5, 0.6) is 0 Å². The van der Waals surface area contributed by atoms with Gasteiger partial charge in [0.2, 0.25) is 11.8 Å². The molecule has 0 radical (unpaired) electrons. The molecular weight excluding hydrogens is 336 g/mol. The SMILES string of the molecule is CC(=O)NC(CS)C(=O)NCC[Si](C)(C)c1ccc(Cl)cc1. The first-order valence-electron chi connectivity index (χ1n) is 7.18. The van der Waals surface area contributed by atoms with Gasteiger partial charge in [0.05, 0.1) is 8.07 Å². The number of carbonyl (C=O) groups is 2. The summed E-state index contributed by atoms with van der Waals surface area (Å²) in [5.41, 5.74) is 0. The Balaban J connectivity index is 2.53. The summed E-state index contributed by atoms with van der Waals surface area (Å²) >= 11 is 10.0. The lowest BCUT2D eigenvalue weighted by Gasteiger charge is -2.24. The van der Waals surface area contributed by atoms with E-state index in [1.807, 2.05) is 12.1 Å². The van der Waals surface area contributed by atoms with Crippen molar-refractivity contribution in [2.75, 3.05) is 12.3 Å². The zero-order valence-corrected chi connectivity index (χ0v) is 15.8. The molecule has 0 aliphatic rings. The first-order valence-corrected chi connectivity index (χ1v) is 11.4. The van der Waals surface area contributed by atoms with Crippen LogP contribution in [-0.2, 0) is 9.59 Å². The highest BCUT2D eigenvalue weighted by Crippen LogP contribution is 2.12. The molecular formula is C15H23ClN2O2SSi. The number of hydrogen-bond donors (Lipinski definition) is 3. The molecule has 1 rings (SSSR count). The fourth-order valence-electron chi connectivity index (χ4n) is 2.11. The zero-order valence-electron chi connectivity index (χ0n) is 13.1. The van der Waals surface area contributed by atoms with Gasteiger partial charge in [-0.3, -0.25) is 9.59 Å². The standard InChI is InChI=1S/C15H23ClN2O2SSi/c1-11(19)18-14(10-21)15(20)17-8-9-22(2,3)13-6-4-12(16)5-7-13/h4-7,14,21H,8-10H2,1-3H3,(H,17,20)(H,18,19). The van der Waals surface area contributed by atoms with Crippen molar-refractivity contribution < 1.29 is 9.59 Å². The van der Waals surface area contributed by atoms with Gasteiger partial charge in [-0.2, -0.15) is 12.6 Å². The Bertz CT molecular complexity index is 523. The number of benzene rings is 1. The van der Waals surface area contributed by atoms with Crippen LogP contribution < -0.4 is 15.8 Å². The lowest BCUT2D eigenvalue weighted by atomic mass is 10.3. The minimum Gasteiger partial charge on any atom is -0.355 e. The van der Waals surface area contributed by atoms with Gasteiger partial charge in [-0.05, 0) is 18.2 Å². The van der Waals surface area contributed by atoms with E-state index >= 15 is 0 Å². The molecule has 0 spiro atoms. The maximum absolute atomic E-state index is 12.0. The number of amides is 2. The van der Waals surface area contributed by atoms with E-state index in [0.717, 1.165) is 11.1 Å².